The maximum absolute atomic E-state index is 12.5. The van der Waals surface area contributed by atoms with Gasteiger partial charge in [0.1, 0.15) is 17.9 Å². The van der Waals surface area contributed by atoms with Gasteiger partial charge in [0.2, 0.25) is 11.8 Å². The average Bonchev–Trinajstić information content (AvgIpc) is 3.09. The van der Waals surface area contributed by atoms with Crippen molar-refractivity contribution < 1.29 is 14.3 Å². The molecular weight excluding hydrogens is 368 g/mol. The molecule has 0 aliphatic carbocycles. The first kappa shape index (κ1) is 22.5. The number of carbonyl (C=O) groups is 2. The van der Waals surface area contributed by atoms with Crippen molar-refractivity contribution in [2.45, 2.75) is 59.4 Å². The fourth-order valence-electron chi connectivity index (χ4n) is 2.73. The molecule has 0 aliphatic heterocycles. The fraction of sp³-hybridized carbons (Fsp3) is 0.500. The van der Waals surface area contributed by atoms with E-state index in [1.807, 2.05) is 30.5 Å². The van der Waals surface area contributed by atoms with Crippen LogP contribution >= 0.6 is 0 Å². The minimum absolute atomic E-state index is 0.173. The van der Waals surface area contributed by atoms with Crippen LogP contribution in [0.1, 0.15) is 64.3 Å². The zero-order chi connectivity index (χ0) is 21.8. The van der Waals surface area contributed by atoms with Gasteiger partial charge in [0.25, 0.3) is 0 Å². The Labute approximate surface area is 172 Å². The van der Waals surface area contributed by atoms with Gasteiger partial charge in [-0.05, 0) is 56.9 Å². The van der Waals surface area contributed by atoms with Gasteiger partial charge in [-0.25, -0.2) is 0 Å². The Morgan fingerprint density at radius 1 is 1.17 bits per heavy atom. The predicted molar refractivity (Wildman–Crippen MR) is 113 cm³/mol. The van der Waals surface area contributed by atoms with Crippen LogP contribution in [-0.2, 0) is 16.0 Å². The number of benzene rings is 1. The van der Waals surface area contributed by atoms with Crippen LogP contribution in [-0.4, -0.2) is 34.2 Å². The molecule has 7 nitrogen and oxygen atoms in total. The molecule has 0 radical (unpaired) electrons. The van der Waals surface area contributed by atoms with Crippen molar-refractivity contribution in [3.8, 4) is 5.75 Å². The Morgan fingerprint density at radius 2 is 1.79 bits per heavy atom. The number of nitrogens with zero attached hydrogens (tertiary/aromatic N) is 1. The highest BCUT2D eigenvalue weighted by Gasteiger charge is 2.35. The minimum atomic E-state index is -1.11. The molecule has 1 heterocycles. The van der Waals surface area contributed by atoms with Gasteiger partial charge in [-0.15, -0.1) is 0 Å². The molecule has 2 amide bonds. The zero-order valence-corrected chi connectivity index (χ0v) is 18.1. The smallest absolute Gasteiger partial charge is 0.242 e. The summed E-state index contributed by atoms with van der Waals surface area (Å²) in [5, 5.41) is 9.89. The molecule has 0 fully saturated rings. The lowest BCUT2D eigenvalue weighted by Gasteiger charge is -2.29. The number of rotatable bonds is 9. The first-order chi connectivity index (χ1) is 13.4. The van der Waals surface area contributed by atoms with E-state index in [0.29, 0.717) is 11.7 Å². The van der Waals surface area contributed by atoms with Gasteiger partial charge in [0.15, 0.2) is 0 Å². The van der Waals surface area contributed by atoms with E-state index in [1.165, 1.54) is 5.56 Å². The number of carbonyl (C=O) groups excluding carboxylic acids is 2. The number of aromatic amines is 1. The van der Waals surface area contributed by atoms with Crippen LogP contribution < -0.4 is 15.8 Å². The van der Waals surface area contributed by atoms with Gasteiger partial charge in [0.05, 0.1) is 11.6 Å². The quantitative estimate of drug-likeness (QED) is 0.601. The highest BCUT2D eigenvalue weighted by Crippen LogP contribution is 2.23. The number of nitrogens with one attached hydrogen (secondary N) is 2. The molecule has 4 N–H and O–H groups in total. The molecule has 29 heavy (non-hydrogen) atoms. The van der Waals surface area contributed by atoms with Gasteiger partial charge < -0.3 is 15.8 Å². The number of hydrogen-bond acceptors (Lipinski definition) is 4. The van der Waals surface area contributed by atoms with Crippen LogP contribution in [0.3, 0.4) is 0 Å². The van der Waals surface area contributed by atoms with E-state index in [-0.39, 0.29) is 12.5 Å². The zero-order valence-electron chi connectivity index (χ0n) is 18.1. The number of hydrogen-bond donors (Lipinski definition) is 3. The normalized spacial score (nSPS) is 12.1. The number of aromatic nitrogens is 2. The summed E-state index contributed by atoms with van der Waals surface area (Å²) in [6.07, 6.45) is 2.66. The standard InChI is InChI=1S/C22H32N4O3/c1-14(2)18-16(12-24-26-18)11-15-7-9-17(10-8-15)29-13-21(3,4)20(28)25-22(5,6)19(23)27/h7-10,12,14H,11,13H2,1-6H3,(H2,23,27)(H,24,26)(H,25,28). The van der Waals surface area contributed by atoms with E-state index in [1.54, 1.807) is 27.7 Å². The molecule has 0 saturated heterocycles. The number of ether oxygens (including phenoxy) is 1. The van der Waals surface area contributed by atoms with E-state index in [9.17, 15) is 9.59 Å². The molecule has 158 valence electrons. The molecule has 7 heteroatoms. The Hall–Kier alpha value is -2.83. The van der Waals surface area contributed by atoms with Gasteiger partial charge >= 0.3 is 0 Å². The third-order valence-electron chi connectivity index (χ3n) is 4.90. The number of primary amides is 1. The Morgan fingerprint density at radius 3 is 2.34 bits per heavy atom. The van der Waals surface area contributed by atoms with Crippen molar-refractivity contribution in [2.24, 2.45) is 11.1 Å². The number of H-pyrrole nitrogens is 1. The fourth-order valence-corrected chi connectivity index (χ4v) is 2.73. The molecule has 0 saturated carbocycles. The predicted octanol–water partition coefficient (Wildman–Crippen LogP) is 2.91. The van der Waals surface area contributed by atoms with E-state index in [2.05, 4.69) is 29.4 Å². The lowest BCUT2D eigenvalue weighted by molar-refractivity contribution is -0.136. The molecule has 0 bridgehead atoms. The highest BCUT2D eigenvalue weighted by atomic mass is 16.5. The topological polar surface area (TPSA) is 110 Å². The third-order valence-corrected chi connectivity index (χ3v) is 4.90. The number of amides is 2. The summed E-state index contributed by atoms with van der Waals surface area (Å²) in [4.78, 5) is 24.0. The first-order valence-corrected chi connectivity index (χ1v) is 9.79. The van der Waals surface area contributed by atoms with Crippen molar-refractivity contribution in [1.82, 2.24) is 15.5 Å². The summed E-state index contributed by atoms with van der Waals surface area (Å²) in [5.41, 5.74) is 6.87. The minimum Gasteiger partial charge on any atom is -0.492 e. The van der Waals surface area contributed by atoms with E-state index < -0.39 is 16.9 Å². The summed E-state index contributed by atoms with van der Waals surface area (Å²) in [6, 6.07) is 7.81. The monoisotopic (exact) mass is 400 g/mol. The summed E-state index contributed by atoms with van der Waals surface area (Å²) < 4.78 is 5.82. The molecular formula is C22H32N4O3. The lowest BCUT2D eigenvalue weighted by atomic mass is 9.91. The maximum Gasteiger partial charge on any atom is 0.242 e. The Kier molecular flexibility index (Phi) is 6.72. The molecule has 0 unspecified atom stereocenters. The van der Waals surface area contributed by atoms with Crippen LogP contribution in [0.4, 0.5) is 0 Å². The molecule has 0 aliphatic rings. The molecule has 0 spiro atoms. The van der Waals surface area contributed by atoms with Crippen LogP contribution in [0.5, 0.6) is 5.75 Å². The summed E-state index contributed by atoms with van der Waals surface area (Å²) in [5.74, 6) is 0.193. The van der Waals surface area contributed by atoms with Crippen molar-refractivity contribution in [1.29, 1.82) is 0 Å². The van der Waals surface area contributed by atoms with Crippen molar-refractivity contribution in [3.05, 3.63) is 47.3 Å². The largest absolute Gasteiger partial charge is 0.492 e. The van der Waals surface area contributed by atoms with Crippen molar-refractivity contribution in [3.63, 3.8) is 0 Å². The maximum atomic E-state index is 12.5. The van der Waals surface area contributed by atoms with E-state index in [4.69, 9.17) is 10.5 Å². The summed E-state index contributed by atoms with van der Waals surface area (Å²) in [6.45, 7) is 11.1. The second-order valence-corrected chi connectivity index (χ2v) is 8.90. The van der Waals surface area contributed by atoms with Gasteiger partial charge in [-0.3, -0.25) is 14.7 Å². The van der Waals surface area contributed by atoms with Gasteiger partial charge in [-0.2, -0.15) is 5.10 Å². The second kappa shape index (κ2) is 8.68. The van der Waals surface area contributed by atoms with Gasteiger partial charge in [-0.1, -0.05) is 26.0 Å². The van der Waals surface area contributed by atoms with E-state index in [0.717, 1.165) is 17.7 Å². The first-order valence-electron chi connectivity index (χ1n) is 9.79. The van der Waals surface area contributed by atoms with E-state index >= 15 is 0 Å². The molecule has 2 rings (SSSR count). The third kappa shape index (κ3) is 5.82. The van der Waals surface area contributed by atoms with Gasteiger partial charge in [0, 0.05) is 12.1 Å². The molecule has 1 aromatic heterocycles. The SMILES string of the molecule is CC(C)c1[nH]ncc1Cc1ccc(OCC(C)(C)C(=O)NC(C)(C)C(N)=O)cc1. The van der Waals surface area contributed by atoms with Crippen LogP contribution in [0.25, 0.3) is 0 Å². The average molecular weight is 401 g/mol. The molecule has 1 aromatic carbocycles. The van der Waals surface area contributed by atoms with Crippen LogP contribution in [0.2, 0.25) is 0 Å². The highest BCUT2D eigenvalue weighted by molar-refractivity contribution is 5.91. The number of nitrogens with two attached hydrogens (primary N) is 1. The second-order valence-electron chi connectivity index (χ2n) is 8.90. The molecule has 0 atom stereocenters. The van der Waals surface area contributed by atoms with Crippen molar-refractivity contribution >= 4 is 11.8 Å². The molecule has 2 aromatic rings. The Bertz CT molecular complexity index is 851. The van der Waals surface area contributed by atoms with Crippen LogP contribution in [0, 0.1) is 5.41 Å². The summed E-state index contributed by atoms with van der Waals surface area (Å²) >= 11 is 0. The van der Waals surface area contributed by atoms with Crippen LogP contribution in [0.15, 0.2) is 30.5 Å². The van der Waals surface area contributed by atoms with Crippen molar-refractivity contribution in [2.75, 3.05) is 6.61 Å². The lowest BCUT2D eigenvalue weighted by Crippen LogP contribution is -2.56. The Balaban J connectivity index is 1.96. The summed E-state index contributed by atoms with van der Waals surface area (Å²) in [7, 11) is 0.